The van der Waals surface area contributed by atoms with E-state index in [4.69, 9.17) is 9.73 Å². The summed E-state index contributed by atoms with van der Waals surface area (Å²) in [7, 11) is 0. The van der Waals surface area contributed by atoms with Gasteiger partial charge in [-0.1, -0.05) is 36.4 Å². The Labute approximate surface area is 185 Å². The van der Waals surface area contributed by atoms with Gasteiger partial charge in [-0.3, -0.25) is 0 Å². The van der Waals surface area contributed by atoms with Crippen molar-refractivity contribution in [2.75, 3.05) is 37.7 Å². The summed E-state index contributed by atoms with van der Waals surface area (Å²) in [6.45, 7) is 10.0. The monoisotopic (exact) mass is 494 g/mol. The second-order valence-corrected chi connectivity index (χ2v) is 6.74. The van der Waals surface area contributed by atoms with E-state index in [0.717, 1.165) is 45.4 Å². The van der Waals surface area contributed by atoms with Gasteiger partial charge in [-0.15, -0.1) is 24.0 Å². The summed E-state index contributed by atoms with van der Waals surface area (Å²) < 4.78 is 5.42. The van der Waals surface area contributed by atoms with Crippen LogP contribution >= 0.6 is 24.0 Å². The second-order valence-electron chi connectivity index (χ2n) is 6.74. The van der Waals surface area contributed by atoms with E-state index in [1.807, 2.05) is 0 Å². The Morgan fingerprint density at radius 1 is 1.04 bits per heavy atom. The highest BCUT2D eigenvalue weighted by Gasteiger charge is 2.10. The van der Waals surface area contributed by atoms with E-state index in [0.29, 0.717) is 6.54 Å². The van der Waals surface area contributed by atoms with Crippen LogP contribution < -0.4 is 15.5 Å². The van der Waals surface area contributed by atoms with Crippen LogP contribution in [0.5, 0.6) is 0 Å². The maximum Gasteiger partial charge on any atom is 0.191 e. The summed E-state index contributed by atoms with van der Waals surface area (Å²) in [5.41, 5.74) is 5.05. The van der Waals surface area contributed by atoms with Crippen LogP contribution in [0.4, 0.5) is 5.69 Å². The Hall–Kier alpha value is -1.80. The Balaban J connectivity index is 0.00000280. The number of guanidine groups is 1. The van der Waals surface area contributed by atoms with E-state index in [9.17, 15) is 0 Å². The maximum atomic E-state index is 5.42. The predicted molar refractivity (Wildman–Crippen MR) is 128 cm³/mol. The Morgan fingerprint density at radius 2 is 1.75 bits per heavy atom. The van der Waals surface area contributed by atoms with Gasteiger partial charge < -0.3 is 20.3 Å². The van der Waals surface area contributed by atoms with Crippen molar-refractivity contribution < 1.29 is 4.74 Å². The standard InChI is InChI=1S/C22H30N4O.HI/c1-3-23-22(25-17-20-7-5-4-6-18(20)2)24-16-19-8-10-21(11-9-19)26-12-14-27-15-13-26;/h4-11H,3,12-17H2,1-2H3,(H2,23,24,25);1H. The average molecular weight is 494 g/mol. The van der Waals surface area contributed by atoms with Gasteiger partial charge in [0.15, 0.2) is 5.96 Å². The number of anilines is 1. The van der Waals surface area contributed by atoms with Crippen molar-refractivity contribution >= 4 is 35.6 Å². The molecular weight excluding hydrogens is 463 g/mol. The molecule has 1 fully saturated rings. The third kappa shape index (κ3) is 6.67. The fourth-order valence-electron chi connectivity index (χ4n) is 3.13. The molecular formula is C22H31IN4O. The quantitative estimate of drug-likeness (QED) is 0.366. The molecule has 0 unspecified atom stereocenters. The molecule has 28 heavy (non-hydrogen) atoms. The Kier molecular flexibility index (Phi) is 9.57. The average Bonchev–Trinajstić information content (AvgIpc) is 2.72. The van der Waals surface area contributed by atoms with E-state index in [1.54, 1.807) is 0 Å². The number of nitrogens with zero attached hydrogens (tertiary/aromatic N) is 2. The highest BCUT2D eigenvalue weighted by molar-refractivity contribution is 14.0. The highest BCUT2D eigenvalue weighted by atomic mass is 127. The zero-order valence-corrected chi connectivity index (χ0v) is 19.1. The second kappa shape index (κ2) is 11.9. The Bertz CT molecular complexity index is 742. The summed E-state index contributed by atoms with van der Waals surface area (Å²) in [4.78, 5) is 7.10. The van der Waals surface area contributed by atoms with Gasteiger partial charge >= 0.3 is 0 Å². The number of morpholine rings is 1. The third-order valence-electron chi connectivity index (χ3n) is 4.78. The summed E-state index contributed by atoms with van der Waals surface area (Å²) in [6, 6.07) is 17.1. The summed E-state index contributed by atoms with van der Waals surface area (Å²) in [5, 5.41) is 6.75. The molecule has 0 amide bonds. The van der Waals surface area contributed by atoms with Crippen LogP contribution in [0.15, 0.2) is 53.5 Å². The number of ether oxygens (including phenoxy) is 1. The first-order chi connectivity index (χ1) is 13.3. The van der Waals surface area contributed by atoms with Crippen molar-refractivity contribution in [3.63, 3.8) is 0 Å². The number of nitrogens with one attached hydrogen (secondary N) is 2. The highest BCUT2D eigenvalue weighted by Crippen LogP contribution is 2.17. The lowest BCUT2D eigenvalue weighted by Crippen LogP contribution is -2.37. The number of hydrogen-bond acceptors (Lipinski definition) is 3. The normalized spacial score (nSPS) is 14.4. The summed E-state index contributed by atoms with van der Waals surface area (Å²) in [6.07, 6.45) is 0. The lowest BCUT2D eigenvalue weighted by atomic mass is 10.1. The van der Waals surface area contributed by atoms with Gasteiger partial charge in [0.2, 0.25) is 0 Å². The number of benzene rings is 2. The van der Waals surface area contributed by atoms with Gasteiger partial charge in [-0.2, -0.15) is 0 Å². The SMILES string of the molecule is CCNC(=NCc1ccc(N2CCOCC2)cc1)NCc1ccccc1C.I. The molecule has 3 rings (SSSR count). The molecule has 0 bridgehead atoms. The molecule has 1 aliphatic rings. The van der Waals surface area contributed by atoms with Crippen molar-refractivity contribution in [3.8, 4) is 0 Å². The van der Waals surface area contributed by atoms with Gasteiger partial charge in [0.1, 0.15) is 0 Å². The fourth-order valence-corrected chi connectivity index (χ4v) is 3.13. The van der Waals surface area contributed by atoms with Crippen molar-refractivity contribution in [1.29, 1.82) is 0 Å². The molecule has 2 aromatic rings. The molecule has 0 saturated carbocycles. The Morgan fingerprint density at radius 3 is 2.43 bits per heavy atom. The molecule has 0 radical (unpaired) electrons. The van der Waals surface area contributed by atoms with E-state index in [2.05, 4.69) is 77.9 Å². The lowest BCUT2D eigenvalue weighted by molar-refractivity contribution is 0.122. The number of halogens is 1. The van der Waals surface area contributed by atoms with Crippen molar-refractivity contribution in [2.45, 2.75) is 26.9 Å². The molecule has 1 heterocycles. The van der Waals surface area contributed by atoms with Crippen molar-refractivity contribution in [1.82, 2.24) is 10.6 Å². The van der Waals surface area contributed by atoms with E-state index in [-0.39, 0.29) is 24.0 Å². The van der Waals surface area contributed by atoms with Crippen LogP contribution in [-0.4, -0.2) is 38.8 Å². The maximum absolute atomic E-state index is 5.42. The van der Waals surface area contributed by atoms with Crippen LogP contribution in [0.25, 0.3) is 0 Å². The van der Waals surface area contributed by atoms with Gasteiger partial charge in [0.25, 0.3) is 0 Å². The topological polar surface area (TPSA) is 48.9 Å². The molecule has 5 nitrogen and oxygen atoms in total. The molecule has 1 saturated heterocycles. The lowest BCUT2D eigenvalue weighted by Gasteiger charge is -2.28. The molecule has 6 heteroatoms. The minimum absolute atomic E-state index is 0. The predicted octanol–water partition coefficient (Wildman–Crippen LogP) is 3.70. The zero-order chi connectivity index (χ0) is 18.9. The van der Waals surface area contributed by atoms with Gasteiger partial charge in [-0.25, -0.2) is 4.99 Å². The molecule has 1 aliphatic heterocycles. The minimum Gasteiger partial charge on any atom is -0.378 e. The smallest absolute Gasteiger partial charge is 0.191 e. The summed E-state index contributed by atoms with van der Waals surface area (Å²) >= 11 is 0. The first kappa shape index (κ1) is 22.5. The largest absolute Gasteiger partial charge is 0.378 e. The number of rotatable bonds is 6. The van der Waals surface area contributed by atoms with Crippen LogP contribution in [0, 0.1) is 6.92 Å². The summed E-state index contributed by atoms with van der Waals surface area (Å²) in [5.74, 6) is 0.845. The minimum atomic E-state index is 0. The van der Waals surface area contributed by atoms with Gasteiger partial charge in [0.05, 0.1) is 19.8 Å². The first-order valence-electron chi connectivity index (χ1n) is 9.74. The van der Waals surface area contributed by atoms with Crippen LogP contribution in [-0.2, 0) is 17.8 Å². The van der Waals surface area contributed by atoms with Crippen molar-refractivity contribution in [2.24, 2.45) is 4.99 Å². The van der Waals surface area contributed by atoms with Gasteiger partial charge in [0, 0.05) is 31.9 Å². The molecule has 0 spiro atoms. The van der Waals surface area contributed by atoms with Crippen LogP contribution in [0.2, 0.25) is 0 Å². The molecule has 0 atom stereocenters. The number of aliphatic imine (C=N–C) groups is 1. The van der Waals surface area contributed by atoms with Crippen molar-refractivity contribution in [3.05, 3.63) is 65.2 Å². The van der Waals surface area contributed by atoms with Gasteiger partial charge in [-0.05, 0) is 42.7 Å². The van der Waals surface area contributed by atoms with E-state index in [1.165, 1.54) is 22.4 Å². The van der Waals surface area contributed by atoms with Crippen LogP contribution in [0.3, 0.4) is 0 Å². The van der Waals surface area contributed by atoms with Crippen LogP contribution in [0.1, 0.15) is 23.6 Å². The van der Waals surface area contributed by atoms with E-state index < -0.39 is 0 Å². The molecule has 0 aromatic heterocycles. The van der Waals surface area contributed by atoms with E-state index >= 15 is 0 Å². The number of aryl methyl sites for hydroxylation is 1. The zero-order valence-electron chi connectivity index (χ0n) is 16.8. The molecule has 0 aliphatic carbocycles. The molecule has 2 aromatic carbocycles. The number of hydrogen-bond donors (Lipinski definition) is 2. The third-order valence-corrected chi connectivity index (χ3v) is 4.78. The molecule has 2 N–H and O–H groups in total. The molecule has 152 valence electrons. The fraction of sp³-hybridized carbons (Fsp3) is 0.409. The first-order valence-corrected chi connectivity index (χ1v) is 9.74.